The zero-order valence-corrected chi connectivity index (χ0v) is 13.1. The normalized spacial score (nSPS) is 35.8. The van der Waals surface area contributed by atoms with Crippen molar-refractivity contribution < 1.29 is 0 Å². The summed E-state index contributed by atoms with van der Waals surface area (Å²) in [5.41, 5.74) is 0. The predicted octanol–water partition coefficient (Wildman–Crippen LogP) is 1.64. The maximum atomic E-state index is 3.57. The Balaban J connectivity index is 1.48. The molecule has 3 aliphatic heterocycles. The first-order valence-corrected chi connectivity index (χ1v) is 9.39. The van der Waals surface area contributed by atoms with Gasteiger partial charge in [-0.2, -0.15) is 11.8 Å². The highest BCUT2D eigenvalue weighted by atomic mass is 32.2. The highest BCUT2D eigenvalue weighted by molar-refractivity contribution is 7.99. The van der Waals surface area contributed by atoms with E-state index in [1.165, 1.54) is 71.4 Å². The first-order valence-electron chi connectivity index (χ1n) is 8.10. The molecular weight excluding hydrogens is 254 g/mol. The zero-order chi connectivity index (χ0) is 13.1. The lowest BCUT2D eigenvalue weighted by molar-refractivity contribution is 0.0771. The van der Waals surface area contributed by atoms with Gasteiger partial charge in [-0.15, -0.1) is 0 Å². The second-order valence-electron chi connectivity index (χ2n) is 6.36. The Hall–Kier alpha value is 0.230. The fraction of sp³-hybridized carbons (Fsp3) is 1.00. The minimum absolute atomic E-state index is 0.789. The number of piperidine rings is 2. The Morgan fingerprint density at radius 3 is 2.32 bits per heavy atom. The minimum Gasteiger partial charge on any atom is -0.314 e. The van der Waals surface area contributed by atoms with Crippen LogP contribution in [0.15, 0.2) is 0 Å². The van der Waals surface area contributed by atoms with Gasteiger partial charge >= 0.3 is 0 Å². The molecule has 0 spiro atoms. The van der Waals surface area contributed by atoms with E-state index < -0.39 is 0 Å². The van der Waals surface area contributed by atoms with E-state index >= 15 is 0 Å². The molecule has 0 aliphatic carbocycles. The van der Waals surface area contributed by atoms with E-state index in [1.807, 2.05) is 11.8 Å². The van der Waals surface area contributed by atoms with Crippen LogP contribution in [0.4, 0.5) is 0 Å². The van der Waals surface area contributed by atoms with Crippen molar-refractivity contribution in [3.8, 4) is 0 Å². The number of nitrogens with one attached hydrogen (secondary N) is 1. The Labute approximate surface area is 122 Å². The molecule has 4 heteroatoms. The Bertz CT molecular complexity index is 273. The van der Waals surface area contributed by atoms with Crippen molar-refractivity contribution in [3.05, 3.63) is 0 Å². The van der Waals surface area contributed by atoms with Crippen molar-refractivity contribution in [1.29, 1.82) is 0 Å². The second kappa shape index (κ2) is 6.79. The molecule has 0 aromatic rings. The van der Waals surface area contributed by atoms with Crippen LogP contribution in [-0.2, 0) is 0 Å². The van der Waals surface area contributed by atoms with Crippen LogP contribution in [0, 0.1) is 0 Å². The molecule has 0 aromatic carbocycles. The molecule has 3 nitrogen and oxygen atoms in total. The summed E-state index contributed by atoms with van der Waals surface area (Å²) in [5.74, 6) is 0. The van der Waals surface area contributed by atoms with Gasteiger partial charge in [-0.05, 0) is 45.0 Å². The highest BCUT2D eigenvalue weighted by Gasteiger charge is 2.34. The third-order valence-electron chi connectivity index (χ3n) is 5.31. The van der Waals surface area contributed by atoms with E-state index in [0.717, 1.165) is 17.3 Å². The van der Waals surface area contributed by atoms with Gasteiger partial charge < -0.3 is 10.2 Å². The fourth-order valence-corrected chi connectivity index (χ4v) is 4.98. The van der Waals surface area contributed by atoms with Gasteiger partial charge in [0.1, 0.15) is 0 Å². The Morgan fingerprint density at radius 2 is 1.63 bits per heavy atom. The van der Waals surface area contributed by atoms with Gasteiger partial charge in [-0.3, -0.25) is 4.90 Å². The molecular formula is C15H29N3S. The maximum Gasteiger partial charge on any atom is 0.0351 e. The van der Waals surface area contributed by atoms with Gasteiger partial charge in [0.25, 0.3) is 0 Å². The van der Waals surface area contributed by atoms with Gasteiger partial charge in [-0.1, -0.05) is 6.42 Å². The maximum absolute atomic E-state index is 3.57. The smallest absolute Gasteiger partial charge is 0.0351 e. The van der Waals surface area contributed by atoms with Crippen LogP contribution in [0.25, 0.3) is 0 Å². The molecule has 3 fully saturated rings. The molecule has 0 saturated carbocycles. The monoisotopic (exact) mass is 283 g/mol. The standard InChI is InChI=1S/C15H29N3S/c1-19-15-12-16-11-14(15)18-9-5-13(6-10-18)17-7-3-2-4-8-17/h13-16H,2-12H2,1H3. The summed E-state index contributed by atoms with van der Waals surface area (Å²) in [6.07, 6.45) is 9.39. The van der Waals surface area contributed by atoms with E-state index in [-0.39, 0.29) is 0 Å². The summed E-state index contributed by atoms with van der Waals surface area (Å²) in [6, 6.07) is 1.68. The number of likely N-dealkylation sites (tertiary alicyclic amines) is 2. The van der Waals surface area contributed by atoms with Crippen molar-refractivity contribution >= 4 is 11.8 Å². The fourth-order valence-electron chi connectivity index (χ4n) is 4.11. The number of rotatable bonds is 3. The van der Waals surface area contributed by atoms with Crippen LogP contribution in [-0.4, -0.2) is 72.7 Å². The molecule has 1 N–H and O–H groups in total. The first kappa shape index (κ1) is 14.2. The summed E-state index contributed by atoms with van der Waals surface area (Å²) in [4.78, 5) is 5.54. The number of hydrogen-bond acceptors (Lipinski definition) is 4. The first-order chi connectivity index (χ1) is 9.38. The van der Waals surface area contributed by atoms with Crippen molar-refractivity contribution in [2.45, 2.75) is 49.4 Å². The van der Waals surface area contributed by atoms with E-state index in [0.29, 0.717) is 0 Å². The summed E-state index contributed by atoms with van der Waals surface area (Å²) >= 11 is 2.05. The Kier molecular flexibility index (Phi) is 5.07. The lowest BCUT2D eigenvalue weighted by atomic mass is 9.98. The average Bonchev–Trinajstić information content (AvgIpc) is 2.97. The molecule has 19 heavy (non-hydrogen) atoms. The quantitative estimate of drug-likeness (QED) is 0.848. The molecule has 0 aromatic heterocycles. The third-order valence-corrected chi connectivity index (χ3v) is 6.39. The SMILES string of the molecule is CSC1CNCC1N1CCC(N2CCCCC2)CC1. The van der Waals surface area contributed by atoms with Gasteiger partial charge in [-0.25, -0.2) is 0 Å². The van der Waals surface area contributed by atoms with Gasteiger partial charge in [0.05, 0.1) is 0 Å². The predicted molar refractivity (Wildman–Crippen MR) is 84.0 cm³/mol. The van der Waals surface area contributed by atoms with Gasteiger partial charge in [0.15, 0.2) is 0 Å². The van der Waals surface area contributed by atoms with E-state index in [4.69, 9.17) is 0 Å². The molecule has 3 rings (SSSR count). The van der Waals surface area contributed by atoms with E-state index in [2.05, 4.69) is 21.4 Å². The molecule has 0 amide bonds. The summed E-state index contributed by atoms with van der Waals surface area (Å²) in [7, 11) is 0. The third kappa shape index (κ3) is 3.29. The van der Waals surface area contributed by atoms with E-state index in [9.17, 15) is 0 Å². The van der Waals surface area contributed by atoms with Crippen LogP contribution in [0.1, 0.15) is 32.1 Å². The summed E-state index contributed by atoms with van der Waals surface area (Å²) in [6.45, 7) is 7.79. The van der Waals surface area contributed by atoms with Crippen LogP contribution >= 0.6 is 11.8 Å². The molecule has 2 unspecified atom stereocenters. The molecule has 3 heterocycles. The molecule has 3 aliphatic rings. The zero-order valence-electron chi connectivity index (χ0n) is 12.3. The Morgan fingerprint density at radius 1 is 0.895 bits per heavy atom. The molecule has 0 radical (unpaired) electrons. The minimum atomic E-state index is 0.789. The van der Waals surface area contributed by atoms with Crippen LogP contribution in [0.3, 0.4) is 0 Å². The van der Waals surface area contributed by atoms with Crippen molar-refractivity contribution in [1.82, 2.24) is 15.1 Å². The van der Waals surface area contributed by atoms with Crippen molar-refractivity contribution in [2.75, 3.05) is 45.5 Å². The van der Waals surface area contributed by atoms with Crippen LogP contribution < -0.4 is 5.32 Å². The molecule has 2 atom stereocenters. The van der Waals surface area contributed by atoms with Gasteiger partial charge in [0, 0.05) is 43.5 Å². The molecule has 3 saturated heterocycles. The van der Waals surface area contributed by atoms with Crippen LogP contribution in [0.2, 0.25) is 0 Å². The summed E-state index contributed by atoms with van der Waals surface area (Å²) in [5, 5.41) is 4.38. The lowest BCUT2D eigenvalue weighted by Crippen LogP contribution is -2.51. The van der Waals surface area contributed by atoms with Gasteiger partial charge in [0.2, 0.25) is 0 Å². The number of thioether (sulfide) groups is 1. The number of nitrogens with zero attached hydrogens (tertiary/aromatic N) is 2. The largest absolute Gasteiger partial charge is 0.314 e. The average molecular weight is 283 g/mol. The van der Waals surface area contributed by atoms with Crippen molar-refractivity contribution in [2.24, 2.45) is 0 Å². The lowest BCUT2D eigenvalue weighted by Gasteiger charge is -2.42. The molecule has 0 bridgehead atoms. The van der Waals surface area contributed by atoms with Crippen LogP contribution in [0.5, 0.6) is 0 Å². The van der Waals surface area contributed by atoms with E-state index in [1.54, 1.807) is 0 Å². The number of hydrogen-bond donors (Lipinski definition) is 1. The second-order valence-corrected chi connectivity index (χ2v) is 7.44. The molecule has 110 valence electrons. The topological polar surface area (TPSA) is 18.5 Å². The highest BCUT2D eigenvalue weighted by Crippen LogP contribution is 2.26. The summed E-state index contributed by atoms with van der Waals surface area (Å²) < 4.78 is 0. The van der Waals surface area contributed by atoms with Crippen molar-refractivity contribution in [3.63, 3.8) is 0 Å².